The Labute approximate surface area is 114 Å². The van der Waals surface area contributed by atoms with Crippen molar-refractivity contribution in [2.24, 2.45) is 0 Å². The largest absolute Gasteiger partial charge is 0.477 e. The lowest BCUT2D eigenvalue weighted by molar-refractivity contribution is -0.116. The third-order valence-corrected chi connectivity index (χ3v) is 2.63. The Balaban J connectivity index is 2.20. The summed E-state index contributed by atoms with van der Waals surface area (Å²) in [4.78, 5) is 34.5. The van der Waals surface area contributed by atoms with E-state index in [9.17, 15) is 14.4 Å². The van der Waals surface area contributed by atoms with E-state index in [1.54, 1.807) is 30.3 Å². The first-order chi connectivity index (χ1) is 9.58. The molecule has 1 aromatic carbocycles. The van der Waals surface area contributed by atoms with E-state index in [2.05, 4.69) is 5.32 Å². The molecule has 2 aromatic rings. The van der Waals surface area contributed by atoms with Crippen molar-refractivity contribution in [3.05, 3.63) is 64.6 Å². The summed E-state index contributed by atoms with van der Waals surface area (Å²) in [5, 5.41) is 11.6. The summed E-state index contributed by atoms with van der Waals surface area (Å²) in [6.07, 6.45) is 0. The van der Waals surface area contributed by atoms with Gasteiger partial charge < -0.3 is 10.4 Å². The van der Waals surface area contributed by atoms with E-state index in [0.717, 1.165) is 4.57 Å². The molecule has 1 amide bonds. The number of aromatic carboxylic acids is 1. The molecule has 102 valence electrons. The topological polar surface area (TPSA) is 88.4 Å². The number of hydrogen-bond donors (Lipinski definition) is 2. The highest BCUT2D eigenvalue weighted by atomic mass is 16.4. The SMILES string of the molecule is O=C(Cn1c(C(=O)O)cccc1=O)Nc1ccccc1. The molecule has 2 N–H and O–H groups in total. The summed E-state index contributed by atoms with van der Waals surface area (Å²) in [5.41, 5.74) is -0.174. The lowest BCUT2D eigenvalue weighted by atomic mass is 10.3. The first-order valence-electron chi connectivity index (χ1n) is 5.86. The second kappa shape index (κ2) is 5.83. The zero-order chi connectivity index (χ0) is 14.5. The smallest absolute Gasteiger partial charge is 0.352 e. The van der Waals surface area contributed by atoms with Gasteiger partial charge in [-0.1, -0.05) is 24.3 Å². The fraction of sp³-hybridized carbons (Fsp3) is 0.0714. The highest BCUT2D eigenvalue weighted by molar-refractivity contribution is 5.92. The molecule has 0 atom stereocenters. The van der Waals surface area contributed by atoms with Crippen LogP contribution in [0.1, 0.15) is 10.5 Å². The van der Waals surface area contributed by atoms with Crippen molar-refractivity contribution >= 4 is 17.6 Å². The first-order valence-corrected chi connectivity index (χ1v) is 5.86. The number of carboxylic acid groups (broad SMARTS) is 1. The Morgan fingerprint density at radius 2 is 1.75 bits per heavy atom. The number of hydrogen-bond acceptors (Lipinski definition) is 3. The van der Waals surface area contributed by atoms with Gasteiger partial charge in [-0.2, -0.15) is 0 Å². The molecule has 0 bridgehead atoms. The van der Waals surface area contributed by atoms with Crippen LogP contribution in [-0.4, -0.2) is 21.6 Å². The molecule has 1 aromatic heterocycles. The average molecular weight is 272 g/mol. The predicted molar refractivity (Wildman–Crippen MR) is 72.7 cm³/mol. The van der Waals surface area contributed by atoms with Crippen LogP contribution in [-0.2, 0) is 11.3 Å². The van der Waals surface area contributed by atoms with Crippen molar-refractivity contribution < 1.29 is 14.7 Å². The summed E-state index contributed by atoms with van der Waals surface area (Å²) in [7, 11) is 0. The van der Waals surface area contributed by atoms with Crippen LogP contribution in [0.25, 0.3) is 0 Å². The molecule has 0 saturated carbocycles. The lowest BCUT2D eigenvalue weighted by Crippen LogP contribution is -2.30. The van der Waals surface area contributed by atoms with E-state index in [-0.39, 0.29) is 12.2 Å². The number of carbonyl (C=O) groups excluding carboxylic acids is 1. The molecule has 0 aliphatic heterocycles. The predicted octanol–water partition coefficient (Wildman–Crippen LogP) is 1.19. The van der Waals surface area contributed by atoms with Gasteiger partial charge in [0.1, 0.15) is 12.2 Å². The van der Waals surface area contributed by atoms with E-state index in [4.69, 9.17) is 5.11 Å². The Morgan fingerprint density at radius 3 is 2.40 bits per heavy atom. The molecule has 0 spiro atoms. The van der Waals surface area contributed by atoms with Crippen LogP contribution in [0.3, 0.4) is 0 Å². The summed E-state index contributed by atoms with van der Waals surface area (Å²) in [5.74, 6) is -1.72. The maximum atomic E-state index is 11.8. The molecule has 0 fully saturated rings. The zero-order valence-electron chi connectivity index (χ0n) is 10.4. The number of para-hydroxylation sites is 1. The van der Waals surface area contributed by atoms with Crippen molar-refractivity contribution in [2.45, 2.75) is 6.54 Å². The van der Waals surface area contributed by atoms with E-state index in [1.807, 2.05) is 0 Å². The first kappa shape index (κ1) is 13.5. The Morgan fingerprint density at radius 1 is 1.05 bits per heavy atom. The van der Waals surface area contributed by atoms with Gasteiger partial charge in [-0.15, -0.1) is 0 Å². The van der Waals surface area contributed by atoms with Gasteiger partial charge in [0, 0.05) is 11.8 Å². The van der Waals surface area contributed by atoms with Crippen LogP contribution < -0.4 is 10.9 Å². The van der Waals surface area contributed by atoms with Gasteiger partial charge in [-0.25, -0.2) is 4.79 Å². The van der Waals surface area contributed by atoms with Crippen molar-refractivity contribution in [2.75, 3.05) is 5.32 Å². The van der Waals surface area contributed by atoms with E-state index in [0.29, 0.717) is 5.69 Å². The van der Waals surface area contributed by atoms with Gasteiger partial charge in [-0.3, -0.25) is 14.2 Å². The lowest BCUT2D eigenvalue weighted by Gasteiger charge is -2.09. The van der Waals surface area contributed by atoms with Crippen LogP contribution in [0.5, 0.6) is 0 Å². The molecule has 2 rings (SSSR count). The van der Waals surface area contributed by atoms with Gasteiger partial charge in [-0.05, 0) is 18.2 Å². The van der Waals surface area contributed by atoms with Crippen molar-refractivity contribution in [3.8, 4) is 0 Å². The number of carbonyl (C=O) groups is 2. The number of amides is 1. The molecule has 0 aliphatic rings. The van der Waals surface area contributed by atoms with Crippen LogP contribution in [0.15, 0.2) is 53.3 Å². The maximum Gasteiger partial charge on any atom is 0.352 e. The normalized spacial score (nSPS) is 10.0. The molecule has 0 aliphatic carbocycles. The molecular weight excluding hydrogens is 260 g/mol. The second-order valence-corrected chi connectivity index (χ2v) is 4.05. The minimum Gasteiger partial charge on any atom is -0.477 e. The fourth-order valence-corrected chi connectivity index (χ4v) is 1.74. The number of carboxylic acids is 1. The van der Waals surface area contributed by atoms with E-state index >= 15 is 0 Å². The molecule has 1 heterocycles. The van der Waals surface area contributed by atoms with E-state index < -0.39 is 17.4 Å². The van der Waals surface area contributed by atoms with Gasteiger partial charge in [0.2, 0.25) is 5.91 Å². The Hall–Kier alpha value is -2.89. The Kier molecular flexibility index (Phi) is 3.95. The van der Waals surface area contributed by atoms with Gasteiger partial charge in [0.25, 0.3) is 5.56 Å². The molecule has 0 radical (unpaired) electrons. The number of nitrogens with zero attached hydrogens (tertiary/aromatic N) is 1. The van der Waals surface area contributed by atoms with Crippen LogP contribution in [0.4, 0.5) is 5.69 Å². The minimum absolute atomic E-state index is 0.222. The quantitative estimate of drug-likeness (QED) is 0.874. The standard InChI is InChI=1S/C14H12N2O4/c17-12(15-10-5-2-1-3-6-10)9-16-11(14(19)20)7-4-8-13(16)18/h1-8H,9H2,(H,15,17)(H,19,20). The third-order valence-electron chi connectivity index (χ3n) is 2.63. The number of nitrogens with one attached hydrogen (secondary N) is 1. The molecule has 20 heavy (non-hydrogen) atoms. The molecule has 0 unspecified atom stereocenters. The summed E-state index contributed by atoms with van der Waals surface area (Å²) >= 11 is 0. The van der Waals surface area contributed by atoms with Crippen LogP contribution in [0.2, 0.25) is 0 Å². The van der Waals surface area contributed by atoms with Crippen molar-refractivity contribution in [1.29, 1.82) is 0 Å². The fourth-order valence-electron chi connectivity index (χ4n) is 1.74. The number of aromatic nitrogens is 1. The molecular formula is C14H12N2O4. The molecule has 0 saturated heterocycles. The summed E-state index contributed by atoms with van der Waals surface area (Å²) in [6.45, 7) is -0.351. The van der Waals surface area contributed by atoms with Crippen molar-refractivity contribution in [3.63, 3.8) is 0 Å². The number of anilines is 1. The van der Waals surface area contributed by atoms with Crippen LogP contribution >= 0.6 is 0 Å². The van der Waals surface area contributed by atoms with Gasteiger partial charge in [0.15, 0.2) is 0 Å². The number of rotatable bonds is 4. The average Bonchev–Trinajstić information content (AvgIpc) is 2.42. The van der Waals surface area contributed by atoms with Crippen LogP contribution in [0, 0.1) is 0 Å². The molecule has 6 nitrogen and oxygen atoms in total. The molecule has 6 heteroatoms. The second-order valence-electron chi connectivity index (χ2n) is 4.05. The highest BCUT2D eigenvalue weighted by Crippen LogP contribution is 2.05. The van der Waals surface area contributed by atoms with E-state index in [1.165, 1.54) is 18.2 Å². The van der Waals surface area contributed by atoms with Gasteiger partial charge in [0.05, 0.1) is 0 Å². The monoisotopic (exact) mass is 272 g/mol. The number of pyridine rings is 1. The minimum atomic E-state index is -1.25. The van der Waals surface area contributed by atoms with Gasteiger partial charge >= 0.3 is 5.97 Å². The highest BCUT2D eigenvalue weighted by Gasteiger charge is 2.13. The zero-order valence-corrected chi connectivity index (χ0v) is 10.4. The maximum absolute atomic E-state index is 11.8. The third kappa shape index (κ3) is 3.11. The Bertz CT molecular complexity index is 692. The summed E-state index contributed by atoms with van der Waals surface area (Å²) < 4.78 is 0.917. The van der Waals surface area contributed by atoms with Crippen molar-refractivity contribution in [1.82, 2.24) is 4.57 Å². The number of benzene rings is 1. The summed E-state index contributed by atoms with van der Waals surface area (Å²) in [6, 6.07) is 12.5.